The number of hydrazine groups is 1. The molecule has 0 bridgehead atoms. The van der Waals surface area contributed by atoms with E-state index in [1.54, 1.807) is 6.92 Å². The van der Waals surface area contributed by atoms with Crippen LogP contribution in [-0.4, -0.2) is 41.9 Å². The lowest BCUT2D eigenvalue weighted by Gasteiger charge is -2.19. The Hall–Kier alpha value is -2.16. The molecule has 0 spiro atoms. The van der Waals surface area contributed by atoms with Crippen LogP contribution in [0.25, 0.3) is 0 Å². The molecule has 116 valence electrons. The van der Waals surface area contributed by atoms with E-state index >= 15 is 0 Å². The first-order valence-corrected chi connectivity index (χ1v) is 6.17. The summed E-state index contributed by atoms with van der Waals surface area (Å²) in [6, 6.07) is 4.17. The number of hydrogen-bond acceptors (Lipinski definition) is 7. The van der Waals surface area contributed by atoms with E-state index < -0.39 is 24.1 Å². The second-order valence-corrected chi connectivity index (χ2v) is 4.07. The predicted molar refractivity (Wildman–Crippen MR) is 72.2 cm³/mol. The molecule has 0 heterocycles. The molecular formula is C13H18N2O6. The van der Waals surface area contributed by atoms with E-state index in [9.17, 15) is 19.8 Å². The fourth-order valence-corrected chi connectivity index (χ4v) is 1.72. The molecule has 1 aromatic rings. The summed E-state index contributed by atoms with van der Waals surface area (Å²) < 4.78 is 9.59. The van der Waals surface area contributed by atoms with Crippen LogP contribution in [0.2, 0.25) is 0 Å². The highest BCUT2D eigenvalue weighted by atomic mass is 16.5. The highest BCUT2D eigenvalue weighted by Gasteiger charge is 2.30. The summed E-state index contributed by atoms with van der Waals surface area (Å²) in [7, 11) is 1.41. The number of carbonyl (C=O) groups excluding carboxylic acids is 2. The minimum atomic E-state index is -1.82. The number of methoxy groups -OCH3 is 1. The highest BCUT2D eigenvalue weighted by Crippen LogP contribution is 2.26. The molecule has 2 unspecified atom stereocenters. The van der Waals surface area contributed by atoms with E-state index in [2.05, 4.69) is 4.74 Å². The van der Waals surface area contributed by atoms with Gasteiger partial charge in [-0.1, -0.05) is 6.07 Å². The van der Waals surface area contributed by atoms with E-state index in [0.717, 1.165) is 0 Å². The molecule has 1 aromatic carbocycles. The normalized spacial score (nSPS) is 13.2. The van der Waals surface area contributed by atoms with Crippen molar-refractivity contribution in [3.8, 4) is 5.75 Å². The Morgan fingerprint density at radius 3 is 2.57 bits per heavy atom. The molecule has 0 aliphatic carbocycles. The molecule has 5 N–H and O–H groups in total. The number of amides is 1. The number of esters is 1. The lowest BCUT2D eigenvalue weighted by Crippen LogP contribution is -2.34. The van der Waals surface area contributed by atoms with Crippen molar-refractivity contribution in [1.29, 1.82) is 0 Å². The van der Waals surface area contributed by atoms with Gasteiger partial charge in [-0.25, -0.2) is 10.6 Å². The fraction of sp³-hybridized carbons (Fsp3) is 0.385. The average Bonchev–Trinajstić information content (AvgIpc) is 2.52. The second-order valence-electron chi connectivity index (χ2n) is 4.07. The number of benzene rings is 1. The summed E-state index contributed by atoms with van der Waals surface area (Å²) in [5.41, 5.74) is 1.92. The smallest absolute Gasteiger partial charge is 0.338 e. The molecule has 0 saturated carbocycles. The van der Waals surface area contributed by atoms with Gasteiger partial charge in [-0.15, -0.1) is 0 Å². The van der Waals surface area contributed by atoms with Gasteiger partial charge in [-0.05, 0) is 24.6 Å². The number of aliphatic hydroxyl groups is 2. The molecule has 0 radical (unpaired) electrons. The summed E-state index contributed by atoms with van der Waals surface area (Å²) in [6.45, 7) is 1.62. The van der Waals surface area contributed by atoms with Gasteiger partial charge in [0.05, 0.1) is 19.3 Å². The molecule has 8 nitrogen and oxygen atoms in total. The molecule has 0 saturated heterocycles. The minimum Gasteiger partial charge on any atom is -0.497 e. The maximum absolute atomic E-state index is 11.7. The van der Waals surface area contributed by atoms with E-state index in [0.29, 0.717) is 5.75 Å². The molecule has 8 heteroatoms. The van der Waals surface area contributed by atoms with Crippen LogP contribution in [0.1, 0.15) is 28.9 Å². The third kappa shape index (κ3) is 3.91. The summed E-state index contributed by atoms with van der Waals surface area (Å²) in [4.78, 5) is 23.2. The topological polar surface area (TPSA) is 131 Å². The van der Waals surface area contributed by atoms with Crippen molar-refractivity contribution < 1.29 is 29.3 Å². The zero-order valence-corrected chi connectivity index (χ0v) is 11.7. The number of ether oxygens (including phenoxy) is 2. The van der Waals surface area contributed by atoms with E-state index in [1.165, 1.54) is 25.3 Å². The zero-order chi connectivity index (χ0) is 16.0. The number of nitrogens with two attached hydrogens (primary N) is 1. The van der Waals surface area contributed by atoms with Crippen molar-refractivity contribution in [2.75, 3.05) is 13.7 Å². The lowest BCUT2D eigenvalue weighted by molar-refractivity contribution is -0.159. The molecule has 0 aliphatic rings. The summed E-state index contributed by atoms with van der Waals surface area (Å²) >= 11 is 0. The Morgan fingerprint density at radius 1 is 1.38 bits per heavy atom. The van der Waals surface area contributed by atoms with Crippen LogP contribution in [0.5, 0.6) is 5.75 Å². The molecule has 21 heavy (non-hydrogen) atoms. The van der Waals surface area contributed by atoms with Crippen LogP contribution in [0.4, 0.5) is 0 Å². The maximum atomic E-state index is 11.7. The van der Waals surface area contributed by atoms with Crippen molar-refractivity contribution in [2.24, 2.45) is 5.84 Å². The van der Waals surface area contributed by atoms with Gasteiger partial charge in [0.2, 0.25) is 0 Å². The summed E-state index contributed by atoms with van der Waals surface area (Å²) in [6.07, 6.45) is -3.45. The van der Waals surface area contributed by atoms with Crippen molar-refractivity contribution in [2.45, 2.75) is 19.1 Å². The van der Waals surface area contributed by atoms with Crippen LogP contribution in [0, 0.1) is 0 Å². The van der Waals surface area contributed by atoms with Crippen LogP contribution in [-0.2, 0) is 9.53 Å². The van der Waals surface area contributed by atoms with Gasteiger partial charge in [0, 0.05) is 0 Å². The van der Waals surface area contributed by atoms with Crippen molar-refractivity contribution in [3.63, 3.8) is 0 Å². The fourth-order valence-electron chi connectivity index (χ4n) is 1.72. The first-order chi connectivity index (χ1) is 9.96. The van der Waals surface area contributed by atoms with Crippen molar-refractivity contribution in [3.05, 3.63) is 29.3 Å². The van der Waals surface area contributed by atoms with Crippen molar-refractivity contribution >= 4 is 11.9 Å². The monoisotopic (exact) mass is 298 g/mol. The largest absolute Gasteiger partial charge is 0.497 e. The number of nitrogens with one attached hydrogen (secondary N) is 1. The van der Waals surface area contributed by atoms with Gasteiger partial charge in [0.25, 0.3) is 5.91 Å². The quantitative estimate of drug-likeness (QED) is 0.235. The Balaban J connectivity index is 3.16. The number of rotatable bonds is 6. The Labute approximate surface area is 121 Å². The molecule has 0 fully saturated rings. The zero-order valence-electron chi connectivity index (χ0n) is 11.7. The Kier molecular flexibility index (Phi) is 6.10. The third-order valence-corrected chi connectivity index (χ3v) is 2.78. The first kappa shape index (κ1) is 16.9. The molecule has 0 aliphatic heterocycles. The molecule has 2 atom stereocenters. The van der Waals surface area contributed by atoms with Gasteiger partial charge >= 0.3 is 5.97 Å². The minimum absolute atomic E-state index is 0.0206. The number of aliphatic hydroxyl groups excluding tert-OH is 2. The third-order valence-electron chi connectivity index (χ3n) is 2.78. The predicted octanol–water partition coefficient (Wildman–Crippen LogP) is -0.744. The number of carbonyl (C=O) groups is 2. The maximum Gasteiger partial charge on any atom is 0.338 e. The van der Waals surface area contributed by atoms with E-state index in [-0.39, 0.29) is 17.7 Å². The first-order valence-electron chi connectivity index (χ1n) is 6.17. The lowest BCUT2D eigenvalue weighted by atomic mass is 9.97. The number of hydrogen-bond donors (Lipinski definition) is 4. The van der Waals surface area contributed by atoms with Crippen LogP contribution in [0.15, 0.2) is 18.2 Å². The average molecular weight is 298 g/mol. The Morgan fingerprint density at radius 2 is 2.05 bits per heavy atom. The molecular weight excluding hydrogens is 280 g/mol. The SMILES string of the molecule is CCOC(=O)C(O)C(O)c1ccc(OC)cc1C(=O)NN. The van der Waals surface area contributed by atoms with Crippen LogP contribution in [0.3, 0.4) is 0 Å². The van der Waals surface area contributed by atoms with E-state index in [4.69, 9.17) is 10.6 Å². The Bertz CT molecular complexity index is 519. The van der Waals surface area contributed by atoms with Crippen LogP contribution < -0.4 is 16.0 Å². The van der Waals surface area contributed by atoms with Crippen molar-refractivity contribution in [1.82, 2.24) is 5.43 Å². The summed E-state index contributed by atoms with van der Waals surface area (Å²) in [5.74, 6) is 3.75. The van der Waals surface area contributed by atoms with Gasteiger partial charge in [-0.3, -0.25) is 10.2 Å². The van der Waals surface area contributed by atoms with Crippen LogP contribution >= 0.6 is 0 Å². The van der Waals surface area contributed by atoms with Gasteiger partial charge < -0.3 is 19.7 Å². The van der Waals surface area contributed by atoms with Gasteiger partial charge in [-0.2, -0.15) is 0 Å². The van der Waals surface area contributed by atoms with Gasteiger partial charge in [0.1, 0.15) is 11.9 Å². The highest BCUT2D eigenvalue weighted by molar-refractivity contribution is 5.96. The molecule has 1 amide bonds. The van der Waals surface area contributed by atoms with E-state index in [1.807, 2.05) is 5.43 Å². The number of nitrogen functional groups attached to an aromatic ring is 1. The molecule has 0 aromatic heterocycles. The summed E-state index contributed by atoms with van der Waals surface area (Å²) in [5, 5.41) is 19.8. The molecule has 1 rings (SSSR count). The van der Waals surface area contributed by atoms with Gasteiger partial charge in [0.15, 0.2) is 6.10 Å². The second kappa shape index (κ2) is 7.58. The standard InChI is InChI=1S/C13H18N2O6/c1-3-21-13(19)11(17)10(16)8-5-4-7(20-2)6-9(8)12(18)15-14/h4-6,10-11,16-17H,3,14H2,1-2H3,(H,15,18).